The van der Waals surface area contributed by atoms with Crippen LogP contribution >= 0.6 is 0 Å². The summed E-state index contributed by atoms with van der Waals surface area (Å²) in [6.45, 7) is 1.33. The van der Waals surface area contributed by atoms with Crippen LogP contribution < -0.4 is 5.32 Å². The molecule has 2 rings (SSSR count). The van der Waals surface area contributed by atoms with Gasteiger partial charge in [-0.25, -0.2) is 0 Å². The van der Waals surface area contributed by atoms with Crippen molar-refractivity contribution in [3.63, 3.8) is 0 Å². The van der Waals surface area contributed by atoms with Crippen molar-refractivity contribution >= 4 is 23.2 Å². The van der Waals surface area contributed by atoms with E-state index in [0.29, 0.717) is 11.3 Å². The Bertz CT molecular complexity index is 708. The van der Waals surface area contributed by atoms with Gasteiger partial charge in [-0.15, -0.1) is 0 Å². The quantitative estimate of drug-likeness (QED) is 0.511. The normalized spacial score (nSPS) is 10.1. The fourth-order valence-corrected chi connectivity index (χ4v) is 1.71. The topological polar surface area (TPSA) is 107 Å². The van der Waals surface area contributed by atoms with Crippen molar-refractivity contribution < 1.29 is 14.5 Å². The summed E-state index contributed by atoms with van der Waals surface area (Å²) >= 11 is 0. The van der Waals surface area contributed by atoms with Crippen molar-refractivity contribution in [3.8, 4) is 0 Å². The highest BCUT2D eigenvalue weighted by Gasteiger charge is 2.12. The van der Waals surface area contributed by atoms with E-state index in [1.165, 1.54) is 24.0 Å². The summed E-state index contributed by atoms with van der Waals surface area (Å²) in [6, 6.07) is 6.53. The first-order valence-corrected chi connectivity index (χ1v) is 6.03. The summed E-state index contributed by atoms with van der Waals surface area (Å²) in [4.78, 5) is 36.5. The van der Waals surface area contributed by atoms with Gasteiger partial charge in [-0.3, -0.25) is 9.59 Å². The first kappa shape index (κ1) is 14.4. The molecule has 0 unspecified atom stereocenters. The molecule has 8 heteroatoms. The van der Waals surface area contributed by atoms with Crippen molar-refractivity contribution in [2.75, 3.05) is 5.32 Å². The average molecular weight is 288 g/mol. The third kappa shape index (κ3) is 3.72. The van der Waals surface area contributed by atoms with Crippen LogP contribution in [0.25, 0.3) is 0 Å². The maximum Gasteiger partial charge on any atom is 0.381 e. The van der Waals surface area contributed by atoms with Crippen molar-refractivity contribution in [2.45, 2.75) is 13.5 Å². The fraction of sp³-hybridized carbons (Fsp3) is 0.154. The van der Waals surface area contributed by atoms with Crippen LogP contribution in [0.3, 0.4) is 0 Å². The zero-order chi connectivity index (χ0) is 15.4. The Labute approximate surface area is 119 Å². The van der Waals surface area contributed by atoms with Gasteiger partial charge in [-0.05, 0) is 29.0 Å². The number of ketones is 1. The van der Waals surface area contributed by atoms with Crippen molar-refractivity contribution in [1.82, 2.24) is 9.55 Å². The van der Waals surface area contributed by atoms with E-state index in [9.17, 15) is 19.7 Å². The number of carbonyl (C=O) groups is 2. The Morgan fingerprint density at radius 1 is 1.43 bits per heavy atom. The van der Waals surface area contributed by atoms with Gasteiger partial charge < -0.3 is 20.0 Å². The number of imidazole rings is 1. The van der Waals surface area contributed by atoms with Crippen LogP contribution in [0.15, 0.2) is 36.8 Å². The lowest BCUT2D eigenvalue weighted by Gasteiger charge is -2.06. The van der Waals surface area contributed by atoms with Gasteiger partial charge in [0.15, 0.2) is 5.78 Å². The average Bonchev–Trinajstić information content (AvgIpc) is 2.87. The molecule has 0 aliphatic carbocycles. The summed E-state index contributed by atoms with van der Waals surface area (Å²) in [7, 11) is 0. The minimum Gasteiger partial charge on any atom is -0.358 e. The molecule has 0 radical (unpaired) electrons. The largest absolute Gasteiger partial charge is 0.381 e. The zero-order valence-corrected chi connectivity index (χ0v) is 11.1. The molecule has 1 aromatic carbocycles. The maximum atomic E-state index is 11.8. The van der Waals surface area contributed by atoms with E-state index in [4.69, 9.17) is 0 Å². The Balaban J connectivity index is 2.02. The molecule has 2 aromatic rings. The fourth-order valence-electron chi connectivity index (χ4n) is 1.71. The number of hydrogen-bond acceptors (Lipinski definition) is 5. The minimum atomic E-state index is -0.634. The molecular weight excluding hydrogens is 276 g/mol. The first-order valence-electron chi connectivity index (χ1n) is 6.03. The van der Waals surface area contributed by atoms with Crippen molar-refractivity contribution in [1.29, 1.82) is 0 Å². The molecule has 1 N–H and O–H groups in total. The summed E-state index contributed by atoms with van der Waals surface area (Å²) in [5.74, 6) is -0.791. The molecule has 0 saturated carbocycles. The highest BCUT2D eigenvalue weighted by molar-refractivity contribution is 5.97. The van der Waals surface area contributed by atoms with Gasteiger partial charge in [0.05, 0.1) is 0 Å². The number of carbonyl (C=O) groups excluding carboxylic acids is 2. The zero-order valence-electron chi connectivity index (χ0n) is 11.1. The molecule has 0 saturated heterocycles. The third-order valence-corrected chi connectivity index (χ3v) is 2.69. The molecular formula is C13H12N4O4. The summed E-state index contributed by atoms with van der Waals surface area (Å²) in [5, 5.41) is 13.1. The molecule has 8 nitrogen and oxygen atoms in total. The molecule has 21 heavy (non-hydrogen) atoms. The Morgan fingerprint density at radius 3 is 2.81 bits per heavy atom. The molecule has 0 fully saturated rings. The molecule has 0 aliphatic rings. The number of benzene rings is 1. The van der Waals surface area contributed by atoms with Gasteiger partial charge in [0.25, 0.3) is 0 Å². The van der Waals surface area contributed by atoms with E-state index in [0.717, 1.165) is 0 Å². The van der Waals surface area contributed by atoms with E-state index in [-0.39, 0.29) is 24.1 Å². The van der Waals surface area contributed by atoms with E-state index in [1.54, 1.807) is 24.3 Å². The number of anilines is 1. The Kier molecular flexibility index (Phi) is 4.07. The molecule has 108 valence electrons. The predicted octanol–water partition coefficient (Wildman–Crippen LogP) is 1.63. The third-order valence-electron chi connectivity index (χ3n) is 2.69. The molecule has 1 heterocycles. The number of amides is 1. The summed E-state index contributed by atoms with van der Waals surface area (Å²) in [6.07, 6.45) is 2.38. The van der Waals surface area contributed by atoms with Crippen LogP contribution in [0.4, 0.5) is 11.5 Å². The number of nitrogens with one attached hydrogen (secondary N) is 1. The number of rotatable bonds is 5. The van der Waals surface area contributed by atoms with E-state index in [1.807, 2.05) is 0 Å². The number of Topliss-reactive ketones (excluding diaryl/α,β-unsaturated/α-hetero) is 1. The maximum absolute atomic E-state index is 11.8. The van der Waals surface area contributed by atoms with Crippen molar-refractivity contribution in [2.24, 2.45) is 0 Å². The minimum absolute atomic E-state index is 0.101. The number of nitro groups is 1. The number of nitrogens with zero attached hydrogens (tertiary/aromatic N) is 3. The molecule has 0 atom stereocenters. The molecule has 1 amide bonds. The summed E-state index contributed by atoms with van der Waals surface area (Å²) < 4.78 is 1.31. The second-order valence-corrected chi connectivity index (χ2v) is 4.35. The van der Waals surface area contributed by atoms with Gasteiger partial charge in [-0.2, -0.15) is 0 Å². The SMILES string of the molecule is CC(=O)c1cccc(NC(=O)Cn2cnc([N+](=O)[O-])c2)c1. The van der Waals surface area contributed by atoms with Crippen LogP contribution in [-0.4, -0.2) is 26.2 Å². The molecule has 0 bridgehead atoms. The second kappa shape index (κ2) is 5.95. The van der Waals surface area contributed by atoms with E-state index in [2.05, 4.69) is 10.3 Å². The number of hydrogen-bond donors (Lipinski definition) is 1. The van der Waals surface area contributed by atoms with Crippen LogP contribution in [0.5, 0.6) is 0 Å². The Hall–Kier alpha value is -3.03. The van der Waals surface area contributed by atoms with Crippen LogP contribution in [0, 0.1) is 10.1 Å². The monoisotopic (exact) mass is 288 g/mol. The van der Waals surface area contributed by atoms with Gasteiger partial charge in [-0.1, -0.05) is 12.1 Å². The van der Waals surface area contributed by atoms with Crippen LogP contribution in [0.1, 0.15) is 17.3 Å². The van der Waals surface area contributed by atoms with Crippen LogP contribution in [-0.2, 0) is 11.3 Å². The second-order valence-electron chi connectivity index (χ2n) is 4.35. The number of aromatic nitrogens is 2. The van der Waals surface area contributed by atoms with Gasteiger partial charge >= 0.3 is 5.82 Å². The lowest BCUT2D eigenvalue weighted by Crippen LogP contribution is -2.18. The highest BCUT2D eigenvalue weighted by atomic mass is 16.6. The first-order chi connectivity index (χ1) is 9.95. The lowest BCUT2D eigenvalue weighted by atomic mass is 10.1. The molecule has 1 aromatic heterocycles. The van der Waals surface area contributed by atoms with Crippen LogP contribution in [0.2, 0.25) is 0 Å². The Morgan fingerprint density at radius 2 is 2.19 bits per heavy atom. The highest BCUT2D eigenvalue weighted by Crippen LogP contribution is 2.12. The van der Waals surface area contributed by atoms with E-state index < -0.39 is 4.92 Å². The molecule has 0 aliphatic heterocycles. The lowest BCUT2D eigenvalue weighted by molar-refractivity contribution is -0.389. The predicted molar refractivity (Wildman–Crippen MR) is 74.0 cm³/mol. The van der Waals surface area contributed by atoms with Crippen molar-refractivity contribution in [3.05, 3.63) is 52.5 Å². The van der Waals surface area contributed by atoms with Gasteiger partial charge in [0.1, 0.15) is 12.7 Å². The summed E-state index contributed by atoms with van der Waals surface area (Å²) in [5.41, 5.74) is 0.980. The van der Waals surface area contributed by atoms with E-state index >= 15 is 0 Å². The molecule has 0 spiro atoms. The van der Waals surface area contributed by atoms with Gasteiger partial charge in [0.2, 0.25) is 12.2 Å². The van der Waals surface area contributed by atoms with Gasteiger partial charge in [0, 0.05) is 11.3 Å². The standard InChI is InChI=1S/C13H12N4O4/c1-9(18)10-3-2-4-11(5-10)15-13(19)7-16-6-12(14-8-16)17(20)21/h2-6,8H,7H2,1H3,(H,15,19). The smallest absolute Gasteiger partial charge is 0.358 e.